The van der Waals surface area contributed by atoms with Gasteiger partial charge in [-0.05, 0) is 6.92 Å². The van der Waals surface area contributed by atoms with E-state index < -0.39 is 0 Å². The SMILES string of the molecule is C=NOOCC. The zero-order valence-corrected chi connectivity index (χ0v) is 3.68. The van der Waals surface area contributed by atoms with E-state index >= 15 is 0 Å². The first-order valence-electron chi connectivity index (χ1n) is 1.66. The van der Waals surface area contributed by atoms with E-state index in [0.717, 1.165) is 0 Å². The van der Waals surface area contributed by atoms with Gasteiger partial charge < -0.3 is 0 Å². The molecule has 0 aromatic rings. The van der Waals surface area contributed by atoms with E-state index in [-0.39, 0.29) is 0 Å². The molecule has 0 unspecified atom stereocenters. The van der Waals surface area contributed by atoms with Gasteiger partial charge in [-0.1, -0.05) is 5.16 Å². The maximum Gasteiger partial charge on any atom is 0.0937 e. The normalized spacial score (nSPS) is 7.50. The summed E-state index contributed by atoms with van der Waals surface area (Å²) in [5.41, 5.74) is 0. The minimum Gasteiger partial charge on any atom is -0.221 e. The van der Waals surface area contributed by atoms with Gasteiger partial charge in [0.2, 0.25) is 0 Å². The van der Waals surface area contributed by atoms with Crippen LogP contribution in [-0.2, 0) is 9.88 Å². The van der Waals surface area contributed by atoms with Crippen LogP contribution in [0.5, 0.6) is 0 Å². The molecule has 0 aliphatic rings. The molecule has 0 aliphatic heterocycles. The molecule has 0 spiro atoms. The summed E-state index contributed by atoms with van der Waals surface area (Å²) in [7, 11) is 0. The lowest BCUT2D eigenvalue weighted by Gasteiger charge is -1.87. The minimum absolute atomic E-state index is 0.499. The first kappa shape index (κ1) is 5.43. The smallest absolute Gasteiger partial charge is 0.0937 e. The monoisotopic (exact) mass is 89.0 g/mol. The molecule has 0 radical (unpaired) electrons. The Balaban J connectivity index is 2.49. The number of rotatable bonds is 3. The maximum absolute atomic E-state index is 4.25. The van der Waals surface area contributed by atoms with Crippen molar-refractivity contribution in [3.63, 3.8) is 0 Å². The van der Waals surface area contributed by atoms with Crippen LogP contribution in [0.2, 0.25) is 0 Å². The van der Waals surface area contributed by atoms with Crippen LogP contribution in [0.25, 0.3) is 0 Å². The molecule has 6 heavy (non-hydrogen) atoms. The van der Waals surface area contributed by atoms with Crippen molar-refractivity contribution in [3.8, 4) is 0 Å². The lowest BCUT2D eigenvalue weighted by Crippen LogP contribution is -1.82. The summed E-state index contributed by atoms with van der Waals surface area (Å²) in [5.74, 6) is 0. The molecular weight excluding hydrogens is 82.0 g/mol. The van der Waals surface area contributed by atoms with E-state index in [9.17, 15) is 0 Å². The van der Waals surface area contributed by atoms with Gasteiger partial charge in [0.25, 0.3) is 0 Å². The van der Waals surface area contributed by atoms with Gasteiger partial charge in [0, 0.05) is 6.72 Å². The molecule has 0 aromatic carbocycles. The van der Waals surface area contributed by atoms with Crippen molar-refractivity contribution < 1.29 is 9.88 Å². The third-order valence-electron chi connectivity index (χ3n) is 0.223. The fourth-order valence-electron chi connectivity index (χ4n) is 0.0900. The third-order valence-corrected chi connectivity index (χ3v) is 0.223. The summed E-state index contributed by atoms with van der Waals surface area (Å²) in [4.78, 5) is 8.25. The van der Waals surface area contributed by atoms with E-state index in [2.05, 4.69) is 21.7 Å². The molecule has 0 saturated heterocycles. The summed E-state index contributed by atoms with van der Waals surface area (Å²) in [6.45, 7) is 5.30. The summed E-state index contributed by atoms with van der Waals surface area (Å²) < 4.78 is 0. The molecule has 0 bridgehead atoms. The lowest BCUT2D eigenvalue weighted by atomic mass is 10.9. The molecule has 0 aromatic heterocycles. The van der Waals surface area contributed by atoms with Crippen LogP contribution in [0, 0.1) is 0 Å². The Kier molecular flexibility index (Phi) is 4.01. The molecule has 0 rings (SSSR count). The van der Waals surface area contributed by atoms with Crippen molar-refractivity contribution >= 4 is 6.72 Å². The molecule has 0 atom stereocenters. The number of hydrogen-bond donors (Lipinski definition) is 0. The Hall–Kier alpha value is -0.570. The van der Waals surface area contributed by atoms with Crippen LogP contribution in [-0.4, -0.2) is 13.3 Å². The predicted molar refractivity (Wildman–Crippen MR) is 22.3 cm³/mol. The van der Waals surface area contributed by atoms with Crippen LogP contribution >= 0.6 is 0 Å². The van der Waals surface area contributed by atoms with Crippen molar-refractivity contribution in [3.05, 3.63) is 0 Å². The fourth-order valence-corrected chi connectivity index (χ4v) is 0.0900. The van der Waals surface area contributed by atoms with E-state index in [1.165, 1.54) is 0 Å². The average molecular weight is 89.1 g/mol. The first-order chi connectivity index (χ1) is 2.91. The second-order valence-electron chi connectivity index (χ2n) is 0.610. The lowest BCUT2D eigenvalue weighted by molar-refractivity contribution is -0.291. The summed E-state index contributed by atoms with van der Waals surface area (Å²) in [5, 5.41) is 2.95. The Morgan fingerprint density at radius 1 is 1.83 bits per heavy atom. The Morgan fingerprint density at radius 2 is 2.50 bits per heavy atom. The zero-order chi connectivity index (χ0) is 4.83. The summed E-state index contributed by atoms with van der Waals surface area (Å²) in [6, 6.07) is 0. The molecule has 0 heterocycles. The predicted octanol–water partition coefficient (Wildman–Crippen LogP) is 0.570. The van der Waals surface area contributed by atoms with Gasteiger partial charge in [-0.2, -0.15) is 4.89 Å². The highest BCUT2D eigenvalue weighted by Gasteiger charge is 1.68. The van der Waals surface area contributed by atoms with Gasteiger partial charge in [0.15, 0.2) is 0 Å². The van der Waals surface area contributed by atoms with Crippen molar-refractivity contribution in [2.45, 2.75) is 6.92 Å². The maximum atomic E-state index is 4.25. The highest BCUT2D eigenvalue weighted by atomic mass is 17.3. The first-order valence-corrected chi connectivity index (χ1v) is 1.66. The van der Waals surface area contributed by atoms with Gasteiger partial charge in [0.1, 0.15) is 0 Å². The van der Waals surface area contributed by atoms with E-state index in [4.69, 9.17) is 0 Å². The van der Waals surface area contributed by atoms with Crippen molar-refractivity contribution in [2.75, 3.05) is 6.61 Å². The molecule has 0 amide bonds. The van der Waals surface area contributed by atoms with Crippen LogP contribution < -0.4 is 0 Å². The summed E-state index contributed by atoms with van der Waals surface area (Å²) in [6.07, 6.45) is 0. The molecule has 3 heteroatoms. The highest BCUT2D eigenvalue weighted by Crippen LogP contribution is 1.72. The standard InChI is InChI=1S/C3H7NO2/c1-3-5-6-4-2/h2-3H2,1H3. The average Bonchev–Trinajstić information content (AvgIpc) is 1.61. The summed E-state index contributed by atoms with van der Waals surface area (Å²) >= 11 is 0. The van der Waals surface area contributed by atoms with E-state index in [1.807, 2.05) is 0 Å². The van der Waals surface area contributed by atoms with Crippen LogP contribution in [0.15, 0.2) is 5.16 Å². The van der Waals surface area contributed by atoms with Crippen LogP contribution in [0.3, 0.4) is 0 Å². The number of hydrogen-bond acceptors (Lipinski definition) is 3. The molecule has 0 saturated carbocycles. The van der Waals surface area contributed by atoms with Gasteiger partial charge in [-0.15, -0.1) is 0 Å². The largest absolute Gasteiger partial charge is 0.221 e. The van der Waals surface area contributed by atoms with Crippen LogP contribution in [0.4, 0.5) is 0 Å². The Morgan fingerprint density at radius 3 is 2.67 bits per heavy atom. The van der Waals surface area contributed by atoms with Gasteiger partial charge in [-0.3, -0.25) is 0 Å². The molecule has 0 fully saturated rings. The van der Waals surface area contributed by atoms with Crippen molar-refractivity contribution in [2.24, 2.45) is 5.16 Å². The van der Waals surface area contributed by atoms with E-state index in [1.54, 1.807) is 6.92 Å². The van der Waals surface area contributed by atoms with Gasteiger partial charge >= 0.3 is 0 Å². The molecule has 36 valence electrons. The molecule has 0 N–H and O–H groups in total. The topological polar surface area (TPSA) is 30.8 Å². The second-order valence-corrected chi connectivity index (χ2v) is 0.610. The van der Waals surface area contributed by atoms with E-state index in [0.29, 0.717) is 6.61 Å². The third kappa shape index (κ3) is 3.43. The quantitative estimate of drug-likeness (QED) is 0.219. The van der Waals surface area contributed by atoms with Gasteiger partial charge in [0.05, 0.1) is 6.61 Å². The Labute approximate surface area is 36.5 Å². The highest BCUT2D eigenvalue weighted by molar-refractivity contribution is 5.21. The minimum atomic E-state index is 0.499. The number of nitrogens with zero attached hydrogens (tertiary/aromatic N) is 1. The molecular formula is C3H7NO2. The molecule has 3 nitrogen and oxygen atoms in total. The Bertz CT molecular complexity index is 37.8. The fraction of sp³-hybridized carbons (Fsp3) is 0.667. The second kappa shape index (κ2) is 4.43. The van der Waals surface area contributed by atoms with Crippen molar-refractivity contribution in [1.29, 1.82) is 0 Å². The van der Waals surface area contributed by atoms with Crippen molar-refractivity contribution in [1.82, 2.24) is 0 Å². The van der Waals surface area contributed by atoms with Gasteiger partial charge in [-0.25, -0.2) is 4.99 Å². The molecule has 0 aliphatic carbocycles. The van der Waals surface area contributed by atoms with Crippen LogP contribution in [0.1, 0.15) is 6.92 Å². The number of oxime groups is 1. The zero-order valence-electron chi connectivity index (χ0n) is 3.68.